The zero-order chi connectivity index (χ0) is 11.6. The van der Waals surface area contributed by atoms with Gasteiger partial charge in [-0.1, -0.05) is 20.8 Å². The molecule has 0 aromatic heterocycles. The SMILES string of the molecule is CC(=O)O[C@@H]1C[C@H](C)CC[C@@]1(O)C(C)C. The van der Waals surface area contributed by atoms with E-state index >= 15 is 0 Å². The summed E-state index contributed by atoms with van der Waals surface area (Å²) in [6.07, 6.45) is 2.17. The van der Waals surface area contributed by atoms with Crippen molar-refractivity contribution < 1.29 is 14.6 Å². The van der Waals surface area contributed by atoms with Crippen molar-refractivity contribution in [3.05, 3.63) is 0 Å². The highest BCUT2D eigenvalue weighted by Crippen LogP contribution is 2.38. The summed E-state index contributed by atoms with van der Waals surface area (Å²) in [4.78, 5) is 11.0. The first kappa shape index (κ1) is 12.5. The molecule has 1 N–H and O–H groups in total. The van der Waals surface area contributed by atoms with Gasteiger partial charge in [0.25, 0.3) is 0 Å². The van der Waals surface area contributed by atoms with Crippen molar-refractivity contribution in [1.29, 1.82) is 0 Å². The van der Waals surface area contributed by atoms with Crippen LogP contribution in [0.5, 0.6) is 0 Å². The molecule has 1 aliphatic carbocycles. The lowest BCUT2D eigenvalue weighted by atomic mass is 9.71. The Morgan fingerprint density at radius 2 is 2.13 bits per heavy atom. The Hall–Kier alpha value is -0.570. The first-order valence-corrected chi connectivity index (χ1v) is 5.76. The highest BCUT2D eigenvalue weighted by molar-refractivity contribution is 5.66. The van der Waals surface area contributed by atoms with Gasteiger partial charge in [-0.25, -0.2) is 0 Å². The Bertz CT molecular complexity index is 237. The Balaban J connectivity index is 2.78. The van der Waals surface area contributed by atoms with E-state index in [-0.39, 0.29) is 18.0 Å². The maximum absolute atomic E-state index is 11.0. The van der Waals surface area contributed by atoms with Gasteiger partial charge in [-0.3, -0.25) is 4.79 Å². The topological polar surface area (TPSA) is 46.5 Å². The average molecular weight is 214 g/mol. The van der Waals surface area contributed by atoms with Gasteiger partial charge < -0.3 is 9.84 Å². The molecule has 0 spiro atoms. The number of carbonyl (C=O) groups excluding carboxylic acids is 1. The average Bonchev–Trinajstić information content (AvgIpc) is 2.10. The van der Waals surface area contributed by atoms with Crippen molar-refractivity contribution in [1.82, 2.24) is 0 Å². The molecule has 0 aliphatic heterocycles. The molecular formula is C12H22O3. The van der Waals surface area contributed by atoms with Crippen LogP contribution in [0.25, 0.3) is 0 Å². The minimum absolute atomic E-state index is 0.120. The van der Waals surface area contributed by atoms with Crippen LogP contribution in [-0.2, 0) is 9.53 Å². The van der Waals surface area contributed by atoms with E-state index in [0.717, 1.165) is 19.3 Å². The standard InChI is InChI=1S/C12H22O3/c1-8(2)12(14)6-5-9(3)7-11(12)15-10(4)13/h8-9,11,14H,5-7H2,1-4H3/t9-,11-,12-/m1/s1. The van der Waals surface area contributed by atoms with Gasteiger partial charge in [0.15, 0.2) is 0 Å². The largest absolute Gasteiger partial charge is 0.459 e. The molecule has 3 atom stereocenters. The summed E-state index contributed by atoms with van der Waals surface area (Å²) in [6.45, 7) is 7.50. The van der Waals surface area contributed by atoms with Gasteiger partial charge in [0.2, 0.25) is 0 Å². The summed E-state index contributed by atoms with van der Waals surface area (Å²) in [7, 11) is 0. The maximum atomic E-state index is 11.0. The second-order valence-electron chi connectivity index (χ2n) is 5.12. The third kappa shape index (κ3) is 2.71. The second-order valence-corrected chi connectivity index (χ2v) is 5.12. The van der Waals surface area contributed by atoms with Crippen LogP contribution in [0.4, 0.5) is 0 Å². The number of hydrogen-bond donors (Lipinski definition) is 1. The predicted octanol–water partition coefficient (Wildman–Crippen LogP) is 2.13. The molecule has 1 rings (SSSR count). The summed E-state index contributed by atoms with van der Waals surface area (Å²) >= 11 is 0. The molecule has 15 heavy (non-hydrogen) atoms. The monoisotopic (exact) mass is 214 g/mol. The maximum Gasteiger partial charge on any atom is 0.303 e. The normalized spacial score (nSPS) is 36.7. The second kappa shape index (κ2) is 4.52. The fraction of sp³-hybridized carbons (Fsp3) is 0.917. The van der Waals surface area contributed by atoms with E-state index in [1.54, 1.807) is 0 Å². The molecule has 0 amide bonds. The molecule has 88 valence electrons. The van der Waals surface area contributed by atoms with E-state index in [2.05, 4.69) is 6.92 Å². The van der Waals surface area contributed by atoms with Crippen LogP contribution in [0.1, 0.15) is 47.0 Å². The lowest BCUT2D eigenvalue weighted by Crippen LogP contribution is -2.52. The zero-order valence-electron chi connectivity index (χ0n) is 10.1. The third-order valence-electron chi connectivity index (χ3n) is 3.52. The predicted molar refractivity (Wildman–Crippen MR) is 58.4 cm³/mol. The number of carbonyl (C=O) groups is 1. The summed E-state index contributed by atoms with van der Waals surface area (Å²) < 4.78 is 5.25. The fourth-order valence-electron chi connectivity index (χ4n) is 2.34. The molecule has 0 radical (unpaired) electrons. The highest BCUT2D eigenvalue weighted by atomic mass is 16.6. The van der Waals surface area contributed by atoms with Crippen molar-refractivity contribution in [3.63, 3.8) is 0 Å². The zero-order valence-corrected chi connectivity index (χ0v) is 10.1. The van der Waals surface area contributed by atoms with E-state index in [1.807, 2.05) is 13.8 Å². The number of esters is 1. The van der Waals surface area contributed by atoms with E-state index in [9.17, 15) is 9.90 Å². The molecule has 0 heterocycles. The number of rotatable bonds is 2. The molecule has 3 heteroatoms. The molecule has 1 aliphatic rings. The van der Waals surface area contributed by atoms with Gasteiger partial charge in [0, 0.05) is 6.92 Å². The molecule has 0 saturated heterocycles. The van der Waals surface area contributed by atoms with E-state index in [1.165, 1.54) is 6.92 Å². The smallest absolute Gasteiger partial charge is 0.303 e. The van der Waals surface area contributed by atoms with Gasteiger partial charge in [-0.2, -0.15) is 0 Å². The summed E-state index contributed by atoms with van der Waals surface area (Å²) in [5, 5.41) is 10.5. The summed E-state index contributed by atoms with van der Waals surface area (Å²) in [5.74, 6) is 0.343. The van der Waals surface area contributed by atoms with Crippen molar-refractivity contribution >= 4 is 5.97 Å². The summed E-state index contributed by atoms with van der Waals surface area (Å²) in [6, 6.07) is 0. The van der Waals surface area contributed by atoms with Gasteiger partial charge in [0.1, 0.15) is 11.7 Å². The van der Waals surface area contributed by atoms with E-state index in [4.69, 9.17) is 4.74 Å². The molecule has 3 nitrogen and oxygen atoms in total. The molecule has 0 aromatic rings. The Morgan fingerprint density at radius 1 is 1.53 bits per heavy atom. The van der Waals surface area contributed by atoms with Crippen LogP contribution >= 0.6 is 0 Å². The quantitative estimate of drug-likeness (QED) is 0.716. The van der Waals surface area contributed by atoms with Crippen LogP contribution in [-0.4, -0.2) is 22.8 Å². The lowest BCUT2D eigenvalue weighted by molar-refractivity contribution is -0.181. The highest BCUT2D eigenvalue weighted by Gasteiger charge is 2.45. The first-order valence-electron chi connectivity index (χ1n) is 5.76. The molecule has 1 saturated carbocycles. The van der Waals surface area contributed by atoms with Crippen LogP contribution < -0.4 is 0 Å². The van der Waals surface area contributed by atoms with Crippen molar-refractivity contribution in [2.24, 2.45) is 11.8 Å². The first-order chi connectivity index (χ1) is 6.86. The van der Waals surface area contributed by atoms with Gasteiger partial charge in [-0.05, 0) is 31.1 Å². The minimum Gasteiger partial charge on any atom is -0.459 e. The number of ether oxygens (including phenoxy) is 1. The van der Waals surface area contributed by atoms with Crippen LogP contribution in [0, 0.1) is 11.8 Å². The number of aliphatic hydroxyl groups is 1. The Kier molecular flexibility index (Phi) is 3.77. The molecule has 0 bridgehead atoms. The van der Waals surface area contributed by atoms with E-state index < -0.39 is 5.60 Å². The van der Waals surface area contributed by atoms with Crippen LogP contribution in [0.15, 0.2) is 0 Å². The fourth-order valence-corrected chi connectivity index (χ4v) is 2.34. The van der Waals surface area contributed by atoms with Gasteiger partial charge >= 0.3 is 5.97 Å². The van der Waals surface area contributed by atoms with E-state index in [0.29, 0.717) is 5.92 Å². The van der Waals surface area contributed by atoms with Gasteiger partial charge in [0.05, 0.1) is 0 Å². The molecular weight excluding hydrogens is 192 g/mol. The molecule has 0 aromatic carbocycles. The van der Waals surface area contributed by atoms with Gasteiger partial charge in [-0.15, -0.1) is 0 Å². The summed E-state index contributed by atoms with van der Waals surface area (Å²) in [5.41, 5.74) is -0.835. The van der Waals surface area contributed by atoms with Crippen molar-refractivity contribution in [3.8, 4) is 0 Å². The molecule has 0 unspecified atom stereocenters. The Labute approximate surface area is 91.8 Å². The minimum atomic E-state index is -0.835. The molecule has 1 fully saturated rings. The van der Waals surface area contributed by atoms with Crippen molar-refractivity contribution in [2.45, 2.75) is 58.7 Å². The van der Waals surface area contributed by atoms with Crippen LogP contribution in [0.2, 0.25) is 0 Å². The number of hydrogen-bond acceptors (Lipinski definition) is 3. The third-order valence-corrected chi connectivity index (χ3v) is 3.52. The Morgan fingerprint density at radius 3 is 2.60 bits per heavy atom. The lowest BCUT2D eigenvalue weighted by Gasteiger charge is -2.44. The van der Waals surface area contributed by atoms with Crippen molar-refractivity contribution in [2.75, 3.05) is 0 Å². The van der Waals surface area contributed by atoms with Crippen LogP contribution in [0.3, 0.4) is 0 Å².